The van der Waals surface area contributed by atoms with Crippen LogP contribution in [0.1, 0.15) is 18.1 Å². The Kier molecular flexibility index (Phi) is 11.0. The normalized spacial score (nSPS) is 10.6. The summed E-state index contributed by atoms with van der Waals surface area (Å²) in [6.07, 6.45) is 0. The minimum absolute atomic E-state index is 0. The maximum atomic E-state index is 14.0. The summed E-state index contributed by atoms with van der Waals surface area (Å²) < 4.78 is 28.2. The van der Waals surface area contributed by atoms with Crippen molar-refractivity contribution in [3.63, 3.8) is 0 Å². The summed E-state index contributed by atoms with van der Waals surface area (Å²) in [6.45, 7) is 3.93. The Morgan fingerprint density at radius 2 is 1.83 bits per heavy atom. The molecule has 0 saturated heterocycles. The molecule has 11 heteroatoms. The first kappa shape index (κ1) is 27.9. The second-order valence-electron chi connectivity index (χ2n) is 7.45. The van der Waals surface area contributed by atoms with Crippen molar-refractivity contribution in [2.24, 2.45) is 0 Å². The van der Waals surface area contributed by atoms with Gasteiger partial charge in [0.25, 0.3) is 0 Å². The molecule has 4 aromatic rings. The summed E-state index contributed by atoms with van der Waals surface area (Å²) in [7, 11) is 0. The molecule has 0 unspecified atom stereocenters. The number of hydrogen-bond acceptors (Lipinski definition) is 7. The molecular formula is C25H26BrClFN5O2S. The monoisotopic (exact) mass is 593 g/mol. The quantitative estimate of drug-likeness (QED) is 0.163. The minimum Gasteiger partial charge on any atom is -0.490 e. The summed E-state index contributed by atoms with van der Waals surface area (Å²) in [5, 5.41) is 16.2. The van der Waals surface area contributed by atoms with Crippen molar-refractivity contribution in [1.29, 1.82) is 0 Å². The van der Waals surface area contributed by atoms with E-state index >= 15 is 0 Å². The molecule has 0 bridgehead atoms. The molecule has 0 fully saturated rings. The number of rotatable bonds is 12. The minimum atomic E-state index is -0.293. The Morgan fingerprint density at radius 3 is 2.61 bits per heavy atom. The van der Waals surface area contributed by atoms with Gasteiger partial charge < -0.3 is 14.8 Å². The molecule has 1 aromatic heterocycles. The lowest BCUT2D eigenvalue weighted by Gasteiger charge is -2.16. The molecule has 7 nitrogen and oxygen atoms in total. The lowest BCUT2D eigenvalue weighted by molar-refractivity contribution is 0.264. The Bertz CT molecular complexity index is 1250. The molecule has 36 heavy (non-hydrogen) atoms. The van der Waals surface area contributed by atoms with Crippen LogP contribution in [0.2, 0.25) is 0 Å². The van der Waals surface area contributed by atoms with Gasteiger partial charge in [0.1, 0.15) is 12.4 Å². The number of tetrazole rings is 1. The van der Waals surface area contributed by atoms with Crippen LogP contribution in [0.15, 0.2) is 76.4 Å². The fraction of sp³-hybridized carbons (Fsp3) is 0.240. The first-order valence-corrected chi connectivity index (χ1v) is 12.9. The van der Waals surface area contributed by atoms with E-state index in [1.807, 2.05) is 49.4 Å². The number of para-hydroxylation sites is 1. The number of nitrogens with one attached hydrogen (secondary N) is 1. The second kappa shape index (κ2) is 14.2. The van der Waals surface area contributed by atoms with Gasteiger partial charge in [-0.3, -0.25) is 0 Å². The van der Waals surface area contributed by atoms with Crippen LogP contribution in [0.5, 0.6) is 11.5 Å². The predicted molar refractivity (Wildman–Crippen MR) is 145 cm³/mol. The van der Waals surface area contributed by atoms with E-state index in [2.05, 4.69) is 36.8 Å². The van der Waals surface area contributed by atoms with Crippen molar-refractivity contribution in [2.45, 2.75) is 25.2 Å². The van der Waals surface area contributed by atoms with Crippen LogP contribution < -0.4 is 14.8 Å². The molecule has 0 spiro atoms. The van der Waals surface area contributed by atoms with E-state index in [-0.39, 0.29) is 24.8 Å². The standard InChI is InChI=1S/C25H25BrFN5O2S.ClH/c1-2-33-23-15-18(14-21(26)24(23)34-17-19-8-6-7-11-22(19)27)16-28-12-13-35-25-29-30-31-32(25)20-9-4-3-5-10-20;/h3-11,14-15,28H,2,12-13,16-17H2,1H3;1H. The summed E-state index contributed by atoms with van der Waals surface area (Å²) in [6, 6.07) is 20.3. The Balaban J connectivity index is 0.00000361. The SMILES string of the molecule is CCOc1cc(CNCCSc2nnnn2-c2ccccc2)cc(Br)c1OCc1ccccc1F.Cl. The molecule has 0 amide bonds. The molecule has 1 heterocycles. The largest absolute Gasteiger partial charge is 0.490 e. The Morgan fingerprint density at radius 1 is 1.06 bits per heavy atom. The maximum Gasteiger partial charge on any atom is 0.214 e. The van der Waals surface area contributed by atoms with E-state index in [1.165, 1.54) is 6.07 Å². The van der Waals surface area contributed by atoms with Crippen molar-refractivity contribution >= 4 is 40.1 Å². The highest BCUT2D eigenvalue weighted by molar-refractivity contribution is 9.10. The van der Waals surface area contributed by atoms with Gasteiger partial charge in [0, 0.05) is 24.4 Å². The van der Waals surface area contributed by atoms with Crippen molar-refractivity contribution < 1.29 is 13.9 Å². The number of benzene rings is 3. The molecule has 4 rings (SSSR count). The fourth-order valence-electron chi connectivity index (χ4n) is 3.34. The summed E-state index contributed by atoms with van der Waals surface area (Å²) in [5.41, 5.74) is 2.46. The van der Waals surface area contributed by atoms with Crippen molar-refractivity contribution in [1.82, 2.24) is 25.5 Å². The topological polar surface area (TPSA) is 74.1 Å². The fourth-order valence-corrected chi connectivity index (χ4v) is 4.73. The second-order valence-corrected chi connectivity index (χ2v) is 9.37. The van der Waals surface area contributed by atoms with Crippen molar-refractivity contribution in [3.05, 3.63) is 88.1 Å². The third-order valence-electron chi connectivity index (χ3n) is 4.98. The van der Waals surface area contributed by atoms with Gasteiger partial charge in [-0.15, -0.1) is 17.5 Å². The number of halogens is 3. The van der Waals surface area contributed by atoms with E-state index in [0.29, 0.717) is 30.2 Å². The van der Waals surface area contributed by atoms with E-state index in [0.717, 1.165) is 33.2 Å². The smallest absolute Gasteiger partial charge is 0.214 e. The Hall–Kier alpha value is -2.66. The van der Waals surface area contributed by atoms with E-state index in [9.17, 15) is 4.39 Å². The number of aromatic nitrogens is 4. The van der Waals surface area contributed by atoms with E-state index < -0.39 is 0 Å². The van der Waals surface area contributed by atoms with Crippen LogP contribution in [-0.4, -0.2) is 39.1 Å². The third-order valence-corrected chi connectivity index (χ3v) is 6.49. The van der Waals surface area contributed by atoms with Gasteiger partial charge in [-0.25, -0.2) is 4.39 Å². The first-order valence-electron chi connectivity index (χ1n) is 11.1. The van der Waals surface area contributed by atoms with Crippen LogP contribution in [0, 0.1) is 5.82 Å². The molecule has 0 aliphatic carbocycles. The molecule has 190 valence electrons. The average molecular weight is 595 g/mol. The average Bonchev–Trinajstić information content (AvgIpc) is 3.34. The van der Waals surface area contributed by atoms with Gasteiger partial charge in [-0.1, -0.05) is 48.2 Å². The maximum absolute atomic E-state index is 14.0. The molecule has 0 radical (unpaired) electrons. The molecule has 3 aromatic carbocycles. The number of hydrogen-bond donors (Lipinski definition) is 1. The highest BCUT2D eigenvalue weighted by atomic mass is 79.9. The lowest BCUT2D eigenvalue weighted by atomic mass is 10.2. The summed E-state index contributed by atoms with van der Waals surface area (Å²) in [4.78, 5) is 0. The van der Waals surface area contributed by atoms with Gasteiger partial charge in [-0.2, -0.15) is 4.68 Å². The molecule has 0 aliphatic rings. The van der Waals surface area contributed by atoms with Gasteiger partial charge in [0.15, 0.2) is 11.5 Å². The van der Waals surface area contributed by atoms with E-state index in [1.54, 1.807) is 34.6 Å². The van der Waals surface area contributed by atoms with Gasteiger partial charge in [0.2, 0.25) is 5.16 Å². The van der Waals surface area contributed by atoms with Crippen molar-refractivity contribution in [2.75, 3.05) is 18.9 Å². The predicted octanol–water partition coefficient (Wildman–Crippen LogP) is 5.85. The molecule has 0 atom stereocenters. The van der Waals surface area contributed by atoms with Crippen LogP contribution in [0.4, 0.5) is 4.39 Å². The zero-order valence-electron chi connectivity index (χ0n) is 19.6. The van der Waals surface area contributed by atoms with Gasteiger partial charge in [-0.05, 0) is 69.2 Å². The molecular weight excluding hydrogens is 569 g/mol. The lowest BCUT2D eigenvalue weighted by Crippen LogP contribution is -2.17. The first-order chi connectivity index (χ1) is 17.2. The zero-order valence-corrected chi connectivity index (χ0v) is 22.8. The highest BCUT2D eigenvalue weighted by Crippen LogP contribution is 2.37. The van der Waals surface area contributed by atoms with Gasteiger partial charge >= 0.3 is 0 Å². The summed E-state index contributed by atoms with van der Waals surface area (Å²) >= 11 is 5.17. The van der Waals surface area contributed by atoms with E-state index in [4.69, 9.17) is 9.47 Å². The Labute approximate surface area is 228 Å². The highest BCUT2D eigenvalue weighted by Gasteiger charge is 2.14. The van der Waals surface area contributed by atoms with Crippen LogP contribution >= 0.6 is 40.1 Å². The van der Waals surface area contributed by atoms with Crippen LogP contribution in [0.25, 0.3) is 5.69 Å². The molecule has 1 N–H and O–H groups in total. The molecule has 0 saturated carbocycles. The molecule has 0 aliphatic heterocycles. The number of nitrogens with zero attached hydrogens (tertiary/aromatic N) is 4. The van der Waals surface area contributed by atoms with Crippen molar-refractivity contribution in [3.8, 4) is 17.2 Å². The zero-order chi connectivity index (χ0) is 24.5. The number of thioether (sulfide) groups is 1. The number of ether oxygens (including phenoxy) is 2. The van der Waals surface area contributed by atoms with Crippen LogP contribution in [-0.2, 0) is 13.2 Å². The van der Waals surface area contributed by atoms with Gasteiger partial charge in [0.05, 0.1) is 16.8 Å². The summed E-state index contributed by atoms with van der Waals surface area (Å²) in [5.74, 6) is 1.68. The van der Waals surface area contributed by atoms with Crippen LogP contribution in [0.3, 0.4) is 0 Å². The third kappa shape index (κ3) is 7.42.